The molecule has 17 heavy (non-hydrogen) atoms. The van der Waals surface area contributed by atoms with Crippen LogP contribution in [0.25, 0.3) is 21.5 Å². The van der Waals surface area contributed by atoms with Gasteiger partial charge in [0.15, 0.2) is 6.29 Å². The van der Waals surface area contributed by atoms with Gasteiger partial charge in [-0.25, -0.2) is 4.98 Å². The molecule has 0 aliphatic heterocycles. The third-order valence-electron chi connectivity index (χ3n) is 2.70. The average Bonchev–Trinajstić information content (AvgIpc) is 2.93. The fraction of sp³-hybridized carbons (Fsp3) is 0.0769. The van der Waals surface area contributed by atoms with Crippen molar-refractivity contribution >= 4 is 27.8 Å². The van der Waals surface area contributed by atoms with Gasteiger partial charge in [0.05, 0.1) is 5.69 Å². The lowest BCUT2D eigenvalue weighted by Gasteiger charge is -1.96. The van der Waals surface area contributed by atoms with E-state index >= 15 is 0 Å². The highest BCUT2D eigenvalue weighted by Crippen LogP contribution is 2.32. The van der Waals surface area contributed by atoms with Crippen LogP contribution in [-0.4, -0.2) is 16.3 Å². The maximum absolute atomic E-state index is 10.7. The maximum Gasteiger partial charge on any atom is 0.166 e. The van der Waals surface area contributed by atoms with E-state index in [9.17, 15) is 4.79 Å². The number of aromatic amines is 1. The summed E-state index contributed by atoms with van der Waals surface area (Å²) in [5, 5.41) is 3.19. The van der Waals surface area contributed by atoms with Gasteiger partial charge in [-0.1, -0.05) is 0 Å². The molecule has 0 saturated carbocycles. The minimum atomic E-state index is 0.597. The number of nitrogens with one attached hydrogen (secondary N) is 1. The number of fused-ring (bicyclic) bond motifs is 1. The van der Waals surface area contributed by atoms with Crippen LogP contribution in [-0.2, 0) is 0 Å². The Morgan fingerprint density at radius 3 is 2.94 bits per heavy atom. The molecule has 0 spiro atoms. The number of aromatic nitrogens is 2. The molecule has 3 heterocycles. The maximum atomic E-state index is 10.7. The number of hydrogen-bond acceptors (Lipinski definition) is 3. The molecule has 84 valence electrons. The molecule has 3 aromatic rings. The van der Waals surface area contributed by atoms with Gasteiger partial charge < -0.3 is 4.98 Å². The lowest BCUT2D eigenvalue weighted by atomic mass is 10.1. The van der Waals surface area contributed by atoms with Gasteiger partial charge >= 0.3 is 0 Å². The van der Waals surface area contributed by atoms with Crippen molar-refractivity contribution < 1.29 is 4.79 Å². The zero-order chi connectivity index (χ0) is 11.8. The summed E-state index contributed by atoms with van der Waals surface area (Å²) in [6.45, 7) is 1.98. The Labute approximate surface area is 102 Å². The lowest BCUT2D eigenvalue weighted by molar-refractivity contribution is 0.111. The molecule has 0 bridgehead atoms. The van der Waals surface area contributed by atoms with E-state index in [0.29, 0.717) is 5.69 Å². The molecule has 3 aromatic heterocycles. The Morgan fingerprint density at radius 1 is 1.29 bits per heavy atom. The zero-order valence-electron chi connectivity index (χ0n) is 9.23. The van der Waals surface area contributed by atoms with Crippen molar-refractivity contribution in [2.75, 3.05) is 0 Å². The predicted octanol–water partition coefficient (Wildman–Crippen LogP) is 3.41. The van der Waals surface area contributed by atoms with Gasteiger partial charge in [0.25, 0.3) is 0 Å². The molecule has 0 atom stereocenters. The van der Waals surface area contributed by atoms with Gasteiger partial charge in [-0.15, -0.1) is 11.3 Å². The zero-order valence-corrected chi connectivity index (χ0v) is 10.0. The SMILES string of the molecule is Cc1ccc2c(-c3ccc(C=O)[nH]3)csc2n1. The van der Waals surface area contributed by atoms with Crippen LogP contribution in [0.4, 0.5) is 0 Å². The Balaban J connectivity index is 2.20. The number of carbonyl (C=O) groups is 1. The van der Waals surface area contributed by atoms with Gasteiger partial charge in [0.1, 0.15) is 4.83 Å². The molecule has 0 fully saturated rings. The van der Waals surface area contributed by atoms with Crippen LogP contribution in [0.15, 0.2) is 29.6 Å². The van der Waals surface area contributed by atoms with Crippen molar-refractivity contribution in [2.45, 2.75) is 6.92 Å². The van der Waals surface area contributed by atoms with Crippen molar-refractivity contribution in [3.8, 4) is 11.3 Å². The Bertz CT molecular complexity index is 696. The van der Waals surface area contributed by atoms with E-state index in [1.807, 2.05) is 19.1 Å². The summed E-state index contributed by atoms with van der Waals surface area (Å²) >= 11 is 1.62. The van der Waals surface area contributed by atoms with E-state index in [1.165, 1.54) is 0 Å². The molecule has 0 aliphatic carbocycles. The number of hydrogen-bond donors (Lipinski definition) is 1. The van der Waals surface area contributed by atoms with Crippen molar-refractivity contribution in [1.29, 1.82) is 0 Å². The third-order valence-corrected chi connectivity index (χ3v) is 3.59. The lowest BCUT2D eigenvalue weighted by Crippen LogP contribution is -1.81. The monoisotopic (exact) mass is 242 g/mol. The fourth-order valence-corrected chi connectivity index (χ4v) is 2.84. The van der Waals surface area contributed by atoms with E-state index in [2.05, 4.69) is 21.4 Å². The van der Waals surface area contributed by atoms with E-state index < -0.39 is 0 Å². The first-order chi connectivity index (χ1) is 8.28. The van der Waals surface area contributed by atoms with Crippen LogP contribution in [0.2, 0.25) is 0 Å². The summed E-state index contributed by atoms with van der Waals surface area (Å²) in [6, 6.07) is 7.78. The number of H-pyrrole nitrogens is 1. The minimum Gasteiger partial charge on any atom is -0.352 e. The topological polar surface area (TPSA) is 45.8 Å². The normalized spacial score (nSPS) is 10.9. The first-order valence-electron chi connectivity index (χ1n) is 5.27. The van der Waals surface area contributed by atoms with Crippen LogP contribution in [0.5, 0.6) is 0 Å². The second-order valence-corrected chi connectivity index (χ2v) is 4.76. The summed E-state index contributed by atoms with van der Waals surface area (Å²) in [5.41, 5.74) is 3.68. The molecule has 0 radical (unpaired) electrons. The predicted molar refractivity (Wildman–Crippen MR) is 69.5 cm³/mol. The minimum absolute atomic E-state index is 0.597. The molecule has 0 aromatic carbocycles. The Hall–Kier alpha value is -1.94. The molecular weight excluding hydrogens is 232 g/mol. The molecule has 1 N–H and O–H groups in total. The highest BCUT2D eigenvalue weighted by molar-refractivity contribution is 7.17. The van der Waals surface area contributed by atoms with Gasteiger partial charge in [-0.05, 0) is 31.2 Å². The highest BCUT2D eigenvalue weighted by atomic mass is 32.1. The molecule has 0 saturated heterocycles. The molecule has 3 rings (SSSR count). The van der Waals surface area contributed by atoms with E-state index in [0.717, 1.165) is 33.5 Å². The molecule has 0 unspecified atom stereocenters. The van der Waals surface area contributed by atoms with Crippen molar-refractivity contribution in [3.05, 3.63) is 41.0 Å². The standard InChI is InChI=1S/C13H10N2OS/c1-8-2-4-10-11(7-17-13(10)14-8)12-5-3-9(6-16)15-12/h2-7,15H,1H3. The summed E-state index contributed by atoms with van der Waals surface area (Å²) in [4.78, 5) is 19.3. The van der Waals surface area contributed by atoms with E-state index in [-0.39, 0.29) is 0 Å². The van der Waals surface area contributed by atoms with Gasteiger partial charge in [-0.3, -0.25) is 4.79 Å². The highest BCUT2D eigenvalue weighted by Gasteiger charge is 2.09. The van der Waals surface area contributed by atoms with Crippen molar-refractivity contribution in [3.63, 3.8) is 0 Å². The smallest absolute Gasteiger partial charge is 0.166 e. The fourth-order valence-electron chi connectivity index (χ4n) is 1.85. The summed E-state index contributed by atoms with van der Waals surface area (Å²) in [7, 11) is 0. The first-order valence-corrected chi connectivity index (χ1v) is 6.15. The third kappa shape index (κ3) is 1.66. The number of pyridine rings is 1. The molecular formula is C13H10N2OS. The van der Waals surface area contributed by atoms with Crippen molar-refractivity contribution in [2.24, 2.45) is 0 Å². The quantitative estimate of drug-likeness (QED) is 0.700. The van der Waals surface area contributed by atoms with Crippen molar-refractivity contribution in [1.82, 2.24) is 9.97 Å². The van der Waals surface area contributed by atoms with Crippen LogP contribution in [0.3, 0.4) is 0 Å². The van der Waals surface area contributed by atoms with Crippen LogP contribution in [0, 0.1) is 6.92 Å². The number of nitrogens with zero attached hydrogens (tertiary/aromatic N) is 1. The molecule has 3 nitrogen and oxygen atoms in total. The van der Waals surface area contributed by atoms with Gasteiger partial charge in [0, 0.05) is 27.7 Å². The number of aldehydes is 1. The Kier molecular flexibility index (Phi) is 2.30. The Morgan fingerprint density at radius 2 is 2.18 bits per heavy atom. The number of carbonyl (C=O) groups excluding carboxylic acids is 1. The summed E-state index contributed by atoms with van der Waals surface area (Å²) in [5.74, 6) is 0. The van der Waals surface area contributed by atoms with E-state index in [4.69, 9.17) is 0 Å². The first kappa shape index (κ1) is 10.2. The largest absolute Gasteiger partial charge is 0.352 e. The molecule has 0 aliphatic rings. The second kappa shape index (κ2) is 3.82. The average molecular weight is 242 g/mol. The number of aryl methyl sites for hydroxylation is 1. The van der Waals surface area contributed by atoms with Gasteiger partial charge in [-0.2, -0.15) is 0 Å². The second-order valence-electron chi connectivity index (χ2n) is 3.90. The van der Waals surface area contributed by atoms with Crippen LogP contribution >= 0.6 is 11.3 Å². The number of thiophene rings is 1. The summed E-state index contributed by atoms with van der Waals surface area (Å²) in [6.07, 6.45) is 0.820. The van der Waals surface area contributed by atoms with Gasteiger partial charge in [0.2, 0.25) is 0 Å². The molecule has 4 heteroatoms. The van der Waals surface area contributed by atoms with E-state index in [1.54, 1.807) is 17.4 Å². The van der Waals surface area contributed by atoms with Crippen LogP contribution < -0.4 is 0 Å². The summed E-state index contributed by atoms with van der Waals surface area (Å²) < 4.78 is 0. The molecule has 0 amide bonds. The van der Waals surface area contributed by atoms with Crippen LogP contribution in [0.1, 0.15) is 16.2 Å². The number of rotatable bonds is 2.